The summed E-state index contributed by atoms with van der Waals surface area (Å²) in [6, 6.07) is 8.12. The number of thioether (sulfide) groups is 1. The second-order valence-corrected chi connectivity index (χ2v) is 7.48. The number of carbonyl (C=O) groups excluding carboxylic acids is 1. The molecule has 0 unspecified atom stereocenters. The van der Waals surface area contributed by atoms with Gasteiger partial charge in [0.15, 0.2) is 0 Å². The molecule has 26 heavy (non-hydrogen) atoms. The van der Waals surface area contributed by atoms with Crippen LogP contribution in [-0.4, -0.2) is 45.4 Å². The zero-order valence-corrected chi connectivity index (χ0v) is 16.3. The number of amides is 1. The van der Waals surface area contributed by atoms with Crippen LogP contribution in [0.15, 0.2) is 33.9 Å². The van der Waals surface area contributed by atoms with E-state index in [1.165, 1.54) is 18.2 Å². The highest BCUT2D eigenvalue weighted by molar-refractivity contribution is 7.99. The van der Waals surface area contributed by atoms with Gasteiger partial charge in [0.05, 0.1) is 12.4 Å². The van der Waals surface area contributed by atoms with Crippen molar-refractivity contribution in [1.29, 1.82) is 0 Å². The van der Waals surface area contributed by atoms with Gasteiger partial charge in [0.25, 0.3) is 5.22 Å². The molecule has 1 amide bonds. The lowest BCUT2D eigenvalue weighted by Crippen LogP contribution is -2.48. The Hall–Kier alpha value is -2.02. The Labute approximate surface area is 158 Å². The molecule has 0 spiro atoms. The van der Waals surface area contributed by atoms with Gasteiger partial charge in [-0.05, 0) is 64.3 Å². The molecule has 0 N–H and O–H groups in total. The molecule has 2 heterocycles. The minimum Gasteiger partial charge on any atom is -0.494 e. The Bertz CT molecular complexity index is 722. The zero-order chi connectivity index (χ0) is 18.5. The van der Waals surface area contributed by atoms with Crippen LogP contribution in [0.5, 0.6) is 5.75 Å². The van der Waals surface area contributed by atoms with Crippen molar-refractivity contribution < 1.29 is 13.9 Å². The lowest BCUT2D eigenvalue weighted by atomic mass is 9.98. The Balaban J connectivity index is 1.59. The second kappa shape index (κ2) is 8.58. The minimum absolute atomic E-state index is 0.135. The normalized spacial score (nSPS) is 20.2. The molecule has 1 aliphatic rings. The van der Waals surface area contributed by atoms with E-state index in [0.717, 1.165) is 24.2 Å². The van der Waals surface area contributed by atoms with Gasteiger partial charge in [-0.15, -0.1) is 10.2 Å². The topological polar surface area (TPSA) is 68.5 Å². The van der Waals surface area contributed by atoms with Crippen LogP contribution < -0.4 is 4.74 Å². The Morgan fingerprint density at radius 3 is 2.58 bits per heavy atom. The van der Waals surface area contributed by atoms with Crippen LogP contribution in [0, 0.1) is 0 Å². The van der Waals surface area contributed by atoms with Crippen molar-refractivity contribution in [3.05, 3.63) is 24.3 Å². The molecule has 2 atom stereocenters. The molecule has 0 saturated carbocycles. The number of nitrogens with zero attached hydrogens (tertiary/aromatic N) is 3. The molecule has 7 heteroatoms. The summed E-state index contributed by atoms with van der Waals surface area (Å²) in [7, 11) is 0. The molecule has 6 nitrogen and oxygen atoms in total. The predicted molar refractivity (Wildman–Crippen MR) is 101 cm³/mol. The number of hydrogen-bond donors (Lipinski definition) is 0. The first kappa shape index (κ1) is 18.8. The van der Waals surface area contributed by atoms with Gasteiger partial charge in [0.2, 0.25) is 11.8 Å². The molecule has 1 saturated heterocycles. The third-order valence-electron chi connectivity index (χ3n) is 4.62. The van der Waals surface area contributed by atoms with Crippen molar-refractivity contribution in [2.75, 3.05) is 12.4 Å². The highest BCUT2D eigenvalue weighted by Crippen LogP contribution is 2.27. The second-order valence-electron chi connectivity index (χ2n) is 6.55. The summed E-state index contributed by atoms with van der Waals surface area (Å²) >= 11 is 1.30. The molecule has 1 aliphatic heterocycles. The molecular formula is C19H25N3O3S. The van der Waals surface area contributed by atoms with Gasteiger partial charge in [-0.25, -0.2) is 0 Å². The van der Waals surface area contributed by atoms with Gasteiger partial charge in [-0.2, -0.15) is 0 Å². The van der Waals surface area contributed by atoms with Crippen molar-refractivity contribution in [2.24, 2.45) is 0 Å². The first-order chi connectivity index (χ1) is 12.6. The van der Waals surface area contributed by atoms with Crippen molar-refractivity contribution >= 4 is 17.7 Å². The van der Waals surface area contributed by atoms with E-state index in [2.05, 4.69) is 24.0 Å². The van der Waals surface area contributed by atoms with Crippen LogP contribution in [-0.2, 0) is 4.79 Å². The van der Waals surface area contributed by atoms with Crippen LogP contribution in [0.3, 0.4) is 0 Å². The molecule has 1 aromatic carbocycles. The number of carbonyl (C=O) groups is 1. The summed E-state index contributed by atoms with van der Waals surface area (Å²) in [6.07, 6.45) is 3.33. The third-order valence-corrected chi connectivity index (χ3v) is 5.42. The largest absolute Gasteiger partial charge is 0.494 e. The van der Waals surface area contributed by atoms with Crippen LogP contribution in [0.2, 0.25) is 0 Å². The van der Waals surface area contributed by atoms with Crippen LogP contribution in [0.4, 0.5) is 0 Å². The maximum atomic E-state index is 12.6. The van der Waals surface area contributed by atoms with Crippen molar-refractivity contribution in [3.63, 3.8) is 0 Å². The van der Waals surface area contributed by atoms with Gasteiger partial charge < -0.3 is 14.1 Å². The molecular weight excluding hydrogens is 350 g/mol. The lowest BCUT2D eigenvalue weighted by Gasteiger charge is -2.39. The third kappa shape index (κ3) is 4.38. The van der Waals surface area contributed by atoms with Gasteiger partial charge in [0, 0.05) is 17.6 Å². The van der Waals surface area contributed by atoms with E-state index in [4.69, 9.17) is 9.15 Å². The van der Waals surface area contributed by atoms with Crippen molar-refractivity contribution in [2.45, 2.75) is 57.3 Å². The maximum Gasteiger partial charge on any atom is 0.277 e. The van der Waals surface area contributed by atoms with Crippen molar-refractivity contribution in [1.82, 2.24) is 15.1 Å². The molecule has 0 bridgehead atoms. The molecule has 1 fully saturated rings. The molecule has 1 aromatic heterocycles. The molecule has 140 valence electrons. The number of aromatic nitrogens is 2. The SMILES string of the molecule is CCOc1ccc(-c2nnc(SCC(=O)N3[C@H](C)CCC[C@@H]3C)o2)cc1. The highest BCUT2D eigenvalue weighted by atomic mass is 32.2. The first-order valence-corrected chi connectivity index (χ1v) is 10.1. The number of rotatable bonds is 6. The van der Waals surface area contributed by atoms with Crippen molar-refractivity contribution in [3.8, 4) is 17.2 Å². The smallest absolute Gasteiger partial charge is 0.277 e. The average Bonchev–Trinajstić information content (AvgIpc) is 3.10. The summed E-state index contributed by atoms with van der Waals surface area (Å²) in [5.41, 5.74) is 0.831. The minimum atomic E-state index is 0.135. The van der Waals surface area contributed by atoms with E-state index in [0.29, 0.717) is 35.6 Å². The standard InChI is InChI=1S/C19H25N3O3S/c1-4-24-16-10-8-15(9-11-16)18-20-21-19(25-18)26-12-17(23)22-13(2)6-5-7-14(22)3/h8-11,13-14H,4-7,12H2,1-3H3/t13-,14+. The van der Waals surface area contributed by atoms with Crippen LogP contribution >= 0.6 is 11.8 Å². The van der Waals surface area contributed by atoms with Gasteiger partial charge in [-0.3, -0.25) is 4.79 Å². The number of likely N-dealkylation sites (tertiary alicyclic amines) is 1. The quantitative estimate of drug-likeness (QED) is 0.711. The summed E-state index contributed by atoms with van der Waals surface area (Å²) < 4.78 is 11.1. The maximum absolute atomic E-state index is 12.6. The summed E-state index contributed by atoms with van der Waals surface area (Å²) in [5.74, 6) is 1.71. The molecule has 2 aromatic rings. The van der Waals surface area contributed by atoms with E-state index >= 15 is 0 Å². The lowest BCUT2D eigenvalue weighted by molar-refractivity contribution is -0.134. The zero-order valence-electron chi connectivity index (χ0n) is 15.5. The number of ether oxygens (including phenoxy) is 1. The summed E-state index contributed by atoms with van der Waals surface area (Å²) in [4.78, 5) is 14.6. The Kier molecular flexibility index (Phi) is 6.19. The molecule has 0 aliphatic carbocycles. The summed E-state index contributed by atoms with van der Waals surface area (Å²) in [5, 5.41) is 8.55. The van der Waals surface area contributed by atoms with E-state index in [1.807, 2.05) is 36.1 Å². The van der Waals surface area contributed by atoms with Gasteiger partial charge >= 0.3 is 0 Å². The van der Waals surface area contributed by atoms with E-state index in [1.54, 1.807) is 0 Å². The fraction of sp³-hybridized carbons (Fsp3) is 0.526. The van der Waals surface area contributed by atoms with Gasteiger partial charge in [-0.1, -0.05) is 11.8 Å². The van der Waals surface area contributed by atoms with Crippen LogP contribution in [0.25, 0.3) is 11.5 Å². The predicted octanol–water partition coefficient (Wildman–Crippen LogP) is 4.02. The van der Waals surface area contributed by atoms with E-state index in [-0.39, 0.29) is 5.91 Å². The first-order valence-electron chi connectivity index (χ1n) is 9.09. The van der Waals surface area contributed by atoms with E-state index in [9.17, 15) is 4.79 Å². The average molecular weight is 375 g/mol. The Morgan fingerprint density at radius 1 is 1.23 bits per heavy atom. The highest BCUT2D eigenvalue weighted by Gasteiger charge is 2.29. The molecule has 0 radical (unpaired) electrons. The van der Waals surface area contributed by atoms with E-state index < -0.39 is 0 Å². The monoisotopic (exact) mass is 375 g/mol. The fourth-order valence-electron chi connectivity index (χ4n) is 3.36. The Morgan fingerprint density at radius 2 is 1.92 bits per heavy atom. The number of benzene rings is 1. The number of hydrogen-bond acceptors (Lipinski definition) is 6. The molecule has 3 rings (SSSR count). The fourth-order valence-corrected chi connectivity index (χ4v) is 3.99. The summed E-state index contributed by atoms with van der Waals surface area (Å²) in [6.45, 7) is 6.81. The number of piperidine rings is 1. The van der Waals surface area contributed by atoms with Crippen LogP contribution in [0.1, 0.15) is 40.0 Å². The van der Waals surface area contributed by atoms with Gasteiger partial charge in [0.1, 0.15) is 5.75 Å².